The number of anilines is 1. The molecule has 0 saturated heterocycles. The molecule has 2 heterocycles. The zero-order chi connectivity index (χ0) is 14.7. The van der Waals surface area contributed by atoms with Crippen molar-refractivity contribution in [2.45, 2.75) is 46.3 Å². The minimum atomic E-state index is -0.450. The Morgan fingerprint density at radius 3 is 2.55 bits per heavy atom. The van der Waals surface area contributed by atoms with Crippen LogP contribution in [-0.4, -0.2) is 9.55 Å². The van der Waals surface area contributed by atoms with Crippen LogP contribution in [0.2, 0.25) is 0 Å². The van der Waals surface area contributed by atoms with E-state index in [1.54, 1.807) is 6.20 Å². The van der Waals surface area contributed by atoms with Gasteiger partial charge < -0.3 is 10.5 Å². The Labute approximate surface area is 119 Å². The molecule has 4 nitrogen and oxygen atoms in total. The Morgan fingerprint density at radius 1 is 1.25 bits per heavy atom. The summed E-state index contributed by atoms with van der Waals surface area (Å²) < 4.78 is 8.40. The van der Waals surface area contributed by atoms with Crippen molar-refractivity contribution in [3.8, 4) is 5.75 Å². The first kappa shape index (κ1) is 13.0. The molecular formula is C16H21N3O. The average molecular weight is 271 g/mol. The molecule has 1 aliphatic heterocycles. The molecule has 0 amide bonds. The molecule has 20 heavy (non-hydrogen) atoms. The van der Waals surface area contributed by atoms with Gasteiger partial charge in [0.25, 0.3) is 0 Å². The number of ether oxygens (including phenoxy) is 1. The predicted octanol–water partition coefficient (Wildman–Crippen LogP) is 3.26. The summed E-state index contributed by atoms with van der Waals surface area (Å²) in [6.07, 6.45) is 5.54. The van der Waals surface area contributed by atoms with E-state index in [4.69, 9.17) is 10.5 Å². The highest BCUT2D eigenvalue weighted by Gasteiger charge is 2.45. The van der Waals surface area contributed by atoms with E-state index in [9.17, 15) is 0 Å². The summed E-state index contributed by atoms with van der Waals surface area (Å²) in [5.41, 5.74) is 11.3. The largest absolute Gasteiger partial charge is 0.467 e. The van der Waals surface area contributed by atoms with Gasteiger partial charge in [0.1, 0.15) is 5.75 Å². The molecule has 0 radical (unpaired) electrons. The van der Waals surface area contributed by atoms with E-state index in [1.165, 1.54) is 5.56 Å². The van der Waals surface area contributed by atoms with Crippen LogP contribution in [0.15, 0.2) is 18.7 Å². The molecule has 2 N–H and O–H groups in total. The maximum absolute atomic E-state index is 6.37. The lowest BCUT2D eigenvalue weighted by Gasteiger charge is -2.30. The van der Waals surface area contributed by atoms with Crippen LogP contribution in [-0.2, 0) is 5.72 Å². The lowest BCUT2D eigenvalue weighted by Crippen LogP contribution is -2.36. The zero-order valence-electron chi connectivity index (χ0n) is 12.7. The molecule has 0 saturated carbocycles. The van der Waals surface area contributed by atoms with E-state index in [-0.39, 0.29) is 5.92 Å². The lowest BCUT2D eigenvalue weighted by atomic mass is 9.87. The van der Waals surface area contributed by atoms with Crippen molar-refractivity contribution in [3.05, 3.63) is 41.0 Å². The molecule has 106 valence electrons. The van der Waals surface area contributed by atoms with Gasteiger partial charge in [0.15, 0.2) is 5.72 Å². The van der Waals surface area contributed by atoms with Crippen molar-refractivity contribution >= 4 is 5.69 Å². The normalized spacial score (nSPS) is 24.6. The highest BCUT2D eigenvalue weighted by molar-refractivity contribution is 5.67. The Bertz CT molecular complexity index is 676. The van der Waals surface area contributed by atoms with Crippen LogP contribution >= 0.6 is 0 Å². The molecule has 3 rings (SSSR count). The quantitative estimate of drug-likeness (QED) is 0.810. The summed E-state index contributed by atoms with van der Waals surface area (Å²) >= 11 is 0. The first-order valence-corrected chi connectivity index (χ1v) is 6.94. The van der Waals surface area contributed by atoms with Gasteiger partial charge in [-0.25, -0.2) is 4.98 Å². The second kappa shape index (κ2) is 4.01. The number of hydrogen-bond donors (Lipinski definition) is 1. The number of nitrogens with two attached hydrogens (primary N) is 1. The third-order valence-corrected chi connectivity index (χ3v) is 4.92. The zero-order valence-corrected chi connectivity index (χ0v) is 12.7. The van der Waals surface area contributed by atoms with Gasteiger partial charge in [0, 0.05) is 29.6 Å². The first-order chi connectivity index (χ1) is 9.38. The molecule has 1 aliphatic rings. The van der Waals surface area contributed by atoms with Crippen molar-refractivity contribution in [3.63, 3.8) is 0 Å². The van der Waals surface area contributed by atoms with Gasteiger partial charge in [-0.1, -0.05) is 6.92 Å². The van der Waals surface area contributed by atoms with E-state index in [2.05, 4.69) is 39.6 Å². The maximum atomic E-state index is 6.37. The Morgan fingerprint density at radius 2 is 1.95 bits per heavy atom. The van der Waals surface area contributed by atoms with Gasteiger partial charge in [-0.3, -0.25) is 4.57 Å². The molecule has 1 aromatic heterocycles. The van der Waals surface area contributed by atoms with Crippen LogP contribution in [0.5, 0.6) is 5.75 Å². The topological polar surface area (TPSA) is 53.1 Å². The van der Waals surface area contributed by atoms with Crippen molar-refractivity contribution in [2.75, 3.05) is 5.73 Å². The van der Waals surface area contributed by atoms with E-state index >= 15 is 0 Å². The van der Waals surface area contributed by atoms with E-state index in [1.807, 2.05) is 17.1 Å². The molecule has 0 bridgehead atoms. The van der Waals surface area contributed by atoms with Gasteiger partial charge in [0.05, 0.1) is 6.33 Å². The van der Waals surface area contributed by atoms with Gasteiger partial charge in [-0.05, 0) is 44.4 Å². The van der Waals surface area contributed by atoms with Crippen molar-refractivity contribution in [2.24, 2.45) is 0 Å². The third kappa shape index (κ3) is 1.45. The highest BCUT2D eigenvalue weighted by Crippen LogP contribution is 2.52. The Balaban J connectivity index is 2.23. The number of nitrogens with zero attached hydrogens (tertiary/aromatic N) is 2. The minimum absolute atomic E-state index is 0.216. The summed E-state index contributed by atoms with van der Waals surface area (Å²) in [4.78, 5) is 4.15. The maximum Gasteiger partial charge on any atom is 0.191 e. The predicted molar refractivity (Wildman–Crippen MR) is 80.0 cm³/mol. The summed E-state index contributed by atoms with van der Waals surface area (Å²) in [6.45, 7) is 10.5. The SMILES string of the molecule is Cc1c(C)c2c(c(C)c1N)C(C)C(C)(n1ccnc1)O2. The number of rotatable bonds is 1. The van der Waals surface area contributed by atoms with Gasteiger partial charge in [-0.2, -0.15) is 0 Å². The molecule has 4 heteroatoms. The fourth-order valence-corrected chi connectivity index (χ4v) is 3.18. The number of aromatic nitrogens is 2. The molecule has 0 fully saturated rings. The molecule has 2 atom stereocenters. The molecule has 2 unspecified atom stereocenters. The van der Waals surface area contributed by atoms with Crippen LogP contribution in [0.1, 0.15) is 42.0 Å². The van der Waals surface area contributed by atoms with E-state index < -0.39 is 5.72 Å². The van der Waals surface area contributed by atoms with E-state index in [0.717, 1.165) is 28.1 Å². The van der Waals surface area contributed by atoms with Gasteiger partial charge in [-0.15, -0.1) is 0 Å². The summed E-state index contributed by atoms with van der Waals surface area (Å²) in [5, 5.41) is 0. The first-order valence-electron chi connectivity index (χ1n) is 6.94. The van der Waals surface area contributed by atoms with Crippen molar-refractivity contribution in [1.29, 1.82) is 0 Å². The second-order valence-corrected chi connectivity index (χ2v) is 5.88. The fourth-order valence-electron chi connectivity index (χ4n) is 3.18. The minimum Gasteiger partial charge on any atom is -0.467 e. The average Bonchev–Trinajstić information content (AvgIpc) is 3.03. The molecule has 2 aromatic rings. The molecular weight excluding hydrogens is 250 g/mol. The summed E-state index contributed by atoms with van der Waals surface area (Å²) in [7, 11) is 0. The van der Waals surface area contributed by atoms with Crippen LogP contribution < -0.4 is 10.5 Å². The fraction of sp³-hybridized carbons (Fsp3) is 0.438. The molecule has 0 spiro atoms. The third-order valence-electron chi connectivity index (χ3n) is 4.92. The number of benzene rings is 1. The van der Waals surface area contributed by atoms with Crippen molar-refractivity contribution in [1.82, 2.24) is 9.55 Å². The number of nitrogen functional groups attached to an aromatic ring is 1. The van der Waals surface area contributed by atoms with Crippen molar-refractivity contribution < 1.29 is 4.74 Å². The summed E-state index contributed by atoms with van der Waals surface area (Å²) in [6, 6.07) is 0. The standard InChI is InChI=1S/C16H21N3O/c1-9-10(2)15-13(11(3)14(9)17)12(4)16(5,20-15)19-7-6-18-8-19/h6-8,12H,17H2,1-5H3. The Kier molecular flexibility index (Phi) is 2.61. The molecule has 0 aliphatic carbocycles. The smallest absolute Gasteiger partial charge is 0.191 e. The van der Waals surface area contributed by atoms with Gasteiger partial charge in [0.2, 0.25) is 0 Å². The monoisotopic (exact) mass is 271 g/mol. The van der Waals surface area contributed by atoms with Crippen LogP contribution in [0, 0.1) is 20.8 Å². The van der Waals surface area contributed by atoms with E-state index in [0.29, 0.717) is 0 Å². The lowest BCUT2D eigenvalue weighted by molar-refractivity contribution is 0.0127. The van der Waals surface area contributed by atoms with Crippen LogP contribution in [0.25, 0.3) is 0 Å². The molecule has 1 aromatic carbocycles. The van der Waals surface area contributed by atoms with Crippen LogP contribution in [0.3, 0.4) is 0 Å². The second-order valence-electron chi connectivity index (χ2n) is 5.88. The van der Waals surface area contributed by atoms with Crippen LogP contribution in [0.4, 0.5) is 5.69 Å². The summed E-state index contributed by atoms with van der Waals surface area (Å²) in [5.74, 6) is 1.20. The van der Waals surface area contributed by atoms with Gasteiger partial charge >= 0.3 is 0 Å². The number of hydrogen-bond acceptors (Lipinski definition) is 3. The number of fused-ring (bicyclic) bond motifs is 1. The highest BCUT2D eigenvalue weighted by atomic mass is 16.5. The number of imidazole rings is 1. The Hall–Kier alpha value is -1.97.